The molecule has 0 amide bonds. The van der Waals surface area contributed by atoms with Crippen LogP contribution in [0.3, 0.4) is 0 Å². The predicted octanol–water partition coefficient (Wildman–Crippen LogP) is 10.3. The van der Waals surface area contributed by atoms with Crippen LogP contribution in [0.1, 0.15) is 124 Å². The first kappa shape index (κ1) is 28.9. The molecule has 3 heteroatoms. The second-order valence-electron chi connectivity index (χ2n) is 11.2. The topological polar surface area (TPSA) is 35.5 Å². The van der Waals surface area contributed by atoms with Gasteiger partial charge < -0.3 is 9.47 Å². The maximum atomic E-state index is 13.0. The van der Waals surface area contributed by atoms with Gasteiger partial charge in [-0.15, -0.1) is 0 Å². The van der Waals surface area contributed by atoms with E-state index in [1.165, 1.54) is 92.0 Å². The predicted molar refractivity (Wildman–Crippen MR) is 162 cm³/mol. The quantitative estimate of drug-likeness (QED) is 0.0827. The van der Waals surface area contributed by atoms with Gasteiger partial charge in [-0.1, -0.05) is 103 Å². The first-order valence-electron chi connectivity index (χ1n) is 15.3. The van der Waals surface area contributed by atoms with E-state index in [0.29, 0.717) is 17.2 Å². The van der Waals surface area contributed by atoms with Gasteiger partial charge in [-0.2, -0.15) is 0 Å². The maximum Gasteiger partial charge on any atom is 0.343 e. The van der Waals surface area contributed by atoms with Crippen molar-refractivity contribution < 1.29 is 14.3 Å². The van der Waals surface area contributed by atoms with E-state index in [9.17, 15) is 4.79 Å². The SMILES string of the molecule is CCCCCCCCOc1ccc2c(c1)Cc1cc(C(=O)Oc3ccc(C(C)CCCCCC)cc3)ccc1-2. The molecule has 0 saturated carbocycles. The summed E-state index contributed by atoms with van der Waals surface area (Å²) < 4.78 is 11.8. The lowest BCUT2D eigenvalue weighted by Crippen LogP contribution is -2.09. The molecule has 39 heavy (non-hydrogen) atoms. The smallest absolute Gasteiger partial charge is 0.343 e. The van der Waals surface area contributed by atoms with Crippen molar-refractivity contribution >= 4 is 5.97 Å². The van der Waals surface area contributed by atoms with E-state index in [4.69, 9.17) is 9.47 Å². The molecule has 0 spiro atoms. The monoisotopic (exact) mass is 526 g/mol. The molecule has 0 radical (unpaired) electrons. The van der Waals surface area contributed by atoms with Gasteiger partial charge in [-0.25, -0.2) is 4.79 Å². The van der Waals surface area contributed by atoms with Crippen LogP contribution in [0.4, 0.5) is 0 Å². The van der Waals surface area contributed by atoms with Crippen LogP contribution >= 0.6 is 0 Å². The lowest BCUT2D eigenvalue weighted by molar-refractivity contribution is 0.0734. The summed E-state index contributed by atoms with van der Waals surface area (Å²) in [5.41, 5.74) is 6.75. The Kier molecular flexibility index (Phi) is 11.1. The van der Waals surface area contributed by atoms with E-state index in [1.54, 1.807) is 0 Å². The average Bonchev–Trinajstić information content (AvgIpc) is 3.32. The third-order valence-electron chi connectivity index (χ3n) is 8.01. The zero-order valence-corrected chi connectivity index (χ0v) is 24.3. The Labute approximate surface area is 235 Å². The van der Waals surface area contributed by atoms with Crippen LogP contribution in [0.15, 0.2) is 60.7 Å². The highest BCUT2D eigenvalue weighted by Crippen LogP contribution is 2.39. The van der Waals surface area contributed by atoms with E-state index in [0.717, 1.165) is 25.2 Å². The van der Waals surface area contributed by atoms with Crippen molar-refractivity contribution in [3.8, 4) is 22.6 Å². The summed E-state index contributed by atoms with van der Waals surface area (Å²) in [7, 11) is 0. The number of fused-ring (bicyclic) bond motifs is 3. The minimum absolute atomic E-state index is 0.308. The fourth-order valence-corrected chi connectivity index (χ4v) is 5.55. The number of unbranched alkanes of at least 4 members (excludes halogenated alkanes) is 8. The summed E-state index contributed by atoms with van der Waals surface area (Å²) in [5.74, 6) is 1.75. The Morgan fingerprint density at radius 3 is 2.08 bits per heavy atom. The minimum Gasteiger partial charge on any atom is -0.494 e. The summed E-state index contributed by atoms with van der Waals surface area (Å²) in [6, 6.07) is 20.3. The van der Waals surface area contributed by atoms with Crippen molar-refractivity contribution in [3.63, 3.8) is 0 Å². The van der Waals surface area contributed by atoms with E-state index in [1.807, 2.05) is 24.3 Å². The summed E-state index contributed by atoms with van der Waals surface area (Å²) in [6.45, 7) is 7.54. The molecule has 4 rings (SSSR count). The molecule has 3 aromatic rings. The highest BCUT2D eigenvalue weighted by atomic mass is 16.5. The highest BCUT2D eigenvalue weighted by Gasteiger charge is 2.21. The Bertz CT molecular complexity index is 1190. The highest BCUT2D eigenvalue weighted by molar-refractivity contribution is 5.93. The number of hydrogen-bond donors (Lipinski definition) is 0. The van der Waals surface area contributed by atoms with Gasteiger partial charge >= 0.3 is 5.97 Å². The third kappa shape index (κ3) is 8.21. The first-order chi connectivity index (χ1) is 19.1. The van der Waals surface area contributed by atoms with Gasteiger partial charge in [0.05, 0.1) is 12.2 Å². The van der Waals surface area contributed by atoms with Crippen LogP contribution < -0.4 is 9.47 Å². The second-order valence-corrected chi connectivity index (χ2v) is 11.2. The lowest BCUT2D eigenvalue weighted by Gasteiger charge is -2.12. The normalized spacial score (nSPS) is 12.6. The molecule has 3 nitrogen and oxygen atoms in total. The summed E-state index contributed by atoms with van der Waals surface area (Å²) >= 11 is 0. The van der Waals surface area contributed by atoms with Crippen LogP contribution in [0, 0.1) is 0 Å². The second kappa shape index (κ2) is 14.9. The van der Waals surface area contributed by atoms with Gasteiger partial charge in [-0.3, -0.25) is 0 Å². The molecule has 1 aliphatic carbocycles. The number of carbonyl (C=O) groups excluding carboxylic acids is 1. The number of esters is 1. The fourth-order valence-electron chi connectivity index (χ4n) is 5.55. The third-order valence-corrected chi connectivity index (χ3v) is 8.01. The summed E-state index contributed by atoms with van der Waals surface area (Å²) in [4.78, 5) is 13.0. The molecule has 0 aromatic heterocycles. The summed E-state index contributed by atoms with van der Waals surface area (Å²) in [5, 5.41) is 0. The van der Waals surface area contributed by atoms with Crippen molar-refractivity contribution in [2.45, 2.75) is 104 Å². The molecule has 0 fully saturated rings. The van der Waals surface area contributed by atoms with Crippen LogP contribution in [0.5, 0.6) is 11.5 Å². The zero-order valence-electron chi connectivity index (χ0n) is 24.3. The molecule has 1 unspecified atom stereocenters. The van der Waals surface area contributed by atoms with Crippen molar-refractivity contribution in [3.05, 3.63) is 82.9 Å². The average molecular weight is 527 g/mol. The Morgan fingerprint density at radius 1 is 0.718 bits per heavy atom. The molecule has 0 aliphatic heterocycles. The molecule has 1 aliphatic rings. The Balaban J connectivity index is 1.29. The van der Waals surface area contributed by atoms with Crippen molar-refractivity contribution in [2.24, 2.45) is 0 Å². The van der Waals surface area contributed by atoms with Crippen LogP contribution in [0.25, 0.3) is 11.1 Å². The van der Waals surface area contributed by atoms with E-state index >= 15 is 0 Å². The van der Waals surface area contributed by atoms with Gasteiger partial charge in [0.1, 0.15) is 11.5 Å². The largest absolute Gasteiger partial charge is 0.494 e. The zero-order chi connectivity index (χ0) is 27.5. The molecule has 1 atom stereocenters. The van der Waals surface area contributed by atoms with Crippen molar-refractivity contribution in [2.75, 3.05) is 6.61 Å². The first-order valence-corrected chi connectivity index (χ1v) is 15.3. The Morgan fingerprint density at radius 2 is 1.33 bits per heavy atom. The van der Waals surface area contributed by atoms with Crippen LogP contribution in [0.2, 0.25) is 0 Å². The number of benzene rings is 3. The van der Waals surface area contributed by atoms with Gasteiger partial charge in [0.25, 0.3) is 0 Å². The fraction of sp³-hybridized carbons (Fsp3) is 0.472. The van der Waals surface area contributed by atoms with Crippen LogP contribution in [-0.4, -0.2) is 12.6 Å². The standard InChI is InChI=1S/C36H46O3/c1-4-6-8-10-11-13-23-38-33-20-22-35-31(26-33)25-30-24-29(17-21-34(30)35)36(37)39-32-18-15-28(16-19-32)27(3)14-12-9-7-5-2/h15-22,24,26-27H,4-14,23,25H2,1-3H3. The van der Waals surface area contributed by atoms with Crippen LogP contribution in [-0.2, 0) is 6.42 Å². The Hall–Kier alpha value is -3.07. The number of ether oxygens (including phenoxy) is 2. The molecule has 3 aromatic carbocycles. The molecular weight excluding hydrogens is 480 g/mol. The molecule has 0 saturated heterocycles. The molecule has 208 valence electrons. The van der Waals surface area contributed by atoms with Crippen molar-refractivity contribution in [1.82, 2.24) is 0 Å². The molecule has 0 N–H and O–H groups in total. The minimum atomic E-state index is -0.308. The number of carbonyl (C=O) groups is 1. The maximum absolute atomic E-state index is 13.0. The van der Waals surface area contributed by atoms with E-state index in [2.05, 4.69) is 57.2 Å². The van der Waals surface area contributed by atoms with Gasteiger partial charge in [-0.05, 0) is 89.4 Å². The lowest BCUT2D eigenvalue weighted by atomic mass is 9.95. The number of hydrogen-bond acceptors (Lipinski definition) is 3. The summed E-state index contributed by atoms with van der Waals surface area (Å²) in [6.07, 6.45) is 14.7. The van der Waals surface area contributed by atoms with Gasteiger partial charge in [0.2, 0.25) is 0 Å². The van der Waals surface area contributed by atoms with Gasteiger partial charge in [0.15, 0.2) is 0 Å². The molecular formula is C36H46O3. The van der Waals surface area contributed by atoms with Gasteiger partial charge in [0, 0.05) is 0 Å². The molecule has 0 bridgehead atoms. The number of rotatable bonds is 16. The molecule has 0 heterocycles. The van der Waals surface area contributed by atoms with E-state index < -0.39 is 0 Å². The van der Waals surface area contributed by atoms with Crippen molar-refractivity contribution in [1.29, 1.82) is 0 Å². The van der Waals surface area contributed by atoms with E-state index in [-0.39, 0.29) is 5.97 Å².